The van der Waals surface area contributed by atoms with Gasteiger partial charge in [-0.1, -0.05) is 60.2 Å². The molecule has 3 aromatic rings. The molecule has 1 heterocycles. The SMILES string of the molecule is Cc1ccc(C(c2ccccc2)c2n[nH]c(=O)o2)cc1. The largest absolute Gasteiger partial charge is 0.434 e. The molecule has 0 aliphatic rings. The number of aromatic amines is 1. The Morgan fingerprint density at radius 2 is 1.65 bits per heavy atom. The molecule has 0 spiro atoms. The van der Waals surface area contributed by atoms with Crippen LogP contribution < -0.4 is 5.76 Å². The first-order valence-corrected chi connectivity index (χ1v) is 6.41. The maximum Gasteiger partial charge on any atom is 0.434 e. The number of nitrogens with zero attached hydrogens (tertiary/aromatic N) is 1. The third kappa shape index (κ3) is 2.40. The van der Waals surface area contributed by atoms with E-state index in [1.165, 1.54) is 5.56 Å². The highest BCUT2D eigenvalue weighted by atomic mass is 16.4. The standard InChI is InChI=1S/C16H14N2O2/c1-11-7-9-13(10-8-11)14(12-5-3-2-4-6-12)15-17-18-16(19)20-15/h2-10,14H,1H3,(H,18,19). The zero-order chi connectivity index (χ0) is 13.9. The molecule has 0 bridgehead atoms. The number of nitrogens with one attached hydrogen (secondary N) is 1. The first-order chi connectivity index (χ1) is 9.74. The highest BCUT2D eigenvalue weighted by Gasteiger charge is 2.21. The number of benzene rings is 2. The van der Waals surface area contributed by atoms with E-state index in [9.17, 15) is 4.79 Å². The van der Waals surface area contributed by atoms with Gasteiger partial charge in [-0.05, 0) is 18.1 Å². The van der Waals surface area contributed by atoms with Gasteiger partial charge in [-0.15, -0.1) is 5.10 Å². The summed E-state index contributed by atoms with van der Waals surface area (Å²) in [7, 11) is 0. The fourth-order valence-corrected chi connectivity index (χ4v) is 2.25. The van der Waals surface area contributed by atoms with Crippen molar-refractivity contribution < 1.29 is 4.42 Å². The van der Waals surface area contributed by atoms with Gasteiger partial charge in [-0.3, -0.25) is 0 Å². The lowest BCUT2D eigenvalue weighted by Gasteiger charge is -2.14. The maximum absolute atomic E-state index is 11.2. The van der Waals surface area contributed by atoms with Crippen LogP contribution in [0.2, 0.25) is 0 Å². The number of hydrogen-bond acceptors (Lipinski definition) is 3. The van der Waals surface area contributed by atoms with Gasteiger partial charge in [0.1, 0.15) is 0 Å². The molecule has 20 heavy (non-hydrogen) atoms. The second-order valence-electron chi connectivity index (χ2n) is 4.71. The lowest BCUT2D eigenvalue weighted by atomic mass is 9.91. The van der Waals surface area contributed by atoms with Crippen molar-refractivity contribution in [3.05, 3.63) is 87.7 Å². The van der Waals surface area contributed by atoms with E-state index in [1.807, 2.05) is 61.5 Å². The van der Waals surface area contributed by atoms with Crippen molar-refractivity contribution in [2.24, 2.45) is 0 Å². The Bertz CT molecular complexity index is 742. The van der Waals surface area contributed by atoms with E-state index in [0.29, 0.717) is 5.89 Å². The summed E-state index contributed by atoms with van der Waals surface area (Å²) in [5, 5.41) is 6.31. The summed E-state index contributed by atoms with van der Waals surface area (Å²) in [6.07, 6.45) is 0. The highest BCUT2D eigenvalue weighted by molar-refractivity contribution is 5.38. The van der Waals surface area contributed by atoms with Gasteiger partial charge in [0.25, 0.3) is 0 Å². The van der Waals surface area contributed by atoms with Crippen LogP contribution in [-0.4, -0.2) is 10.2 Å². The molecule has 0 aliphatic carbocycles. The molecule has 1 aromatic heterocycles. The summed E-state index contributed by atoms with van der Waals surface area (Å²) in [4.78, 5) is 11.2. The van der Waals surface area contributed by atoms with Crippen molar-refractivity contribution >= 4 is 0 Å². The van der Waals surface area contributed by atoms with Gasteiger partial charge in [-0.25, -0.2) is 9.89 Å². The molecule has 4 heteroatoms. The molecule has 1 atom stereocenters. The summed E-state index contributed by atoms with van der Waals surface area (Å²) in [6.45, 7) is 2.04. The smallest absolute Gasteiger partial charge is 0.391 e. The Morgan fingerprint density at radius 3 is 2.25 bits per heavy atom. The summed E-state index contributed by atoms with van der Waals surface area (Å²) >= 11 is 0. The molecular weight excluding hydrogens is 252 g/mol. The monoisotopic (exact) mass is 266 g/mol. The average Bonchev–Trinajstić information content (AvgIpc) is 2.89. The van der Waals surface area contributed by atoms with Gasteiger partial charge in [0.05, 0.1) is 5.92 Å². The van der Waals surface area contributed by atoms with Gasteiger partial charge < -0.3 is 4.42 Å². The van der Waals surface area contributed by atoms with E-state index in [0.717, 1.165) is 11.1 Å². The van der Waals surface area contributed by atoms with Crippen LogP contribution in [0.15, 0.2) is 63.8 Å². The second kappa shape index (κ2) is 5.17. The summed E-state index contributed by atoms with van der Waals surface area (Å²) in [5.74, 6) is -0.339. The van der Waals surface area contributed by atoms with Crippen LogP contribution >= 0.6 is 0 Å². The number of rotatable bonds is 3. The van der Waals surface area contributed by atoms with E-state index >= 15 is 0 Å². The Hall–Kier alpha value is -2.62. The molecule has 0 fully saturated rings. The molecule has 3 rings (SSSR count). The first kappa shape index (κ1) is 12.4. The van der Waals surface area contributed by atoms with E-state index in [4.69, 9.17) is 4.42 Å². The zero-order valence-corrected chi connectivity index (χ0v) is 11.0. The van der Waals surface area contributed by atoms with Crippen molar-refractivity contribution in [1.29, 1.82) is 0 Å². The minimum absolute atomic E-state index is 0.184. The number of aryl methyl sites for hydroxylation is 1. The molecule has 0 saturated heterocycles. The molecule has 0 radical (unpaired) electrons. The Kier molecular flexibility index (Phi) is 3.21. The highest BCUT2D eigenvalue weighted by Crippen LogP contribution is 2.29. The van der Waals surface area contributed by atoms with Crippen molar-refractivity contribution in [1.82, 2.24) is 10.2 Å². The van der Waals surface area contributed by atoms with Gasteiger partial charge in [0, 0.05) is 0 Å². The van der Waals surface area contributed by atoms with Gasteiger partial charge in [0.15, 0.2) is 0 Å². The molecule has 100 valence electrons. The van der Waals surface area contributed by atoms with Crippen LogP contribution in [0.4, 0.5) is 0 Å². The molecule has 1 N–H and O–H groups in total. The predicted molar refractivity (Wildman–Crippen MR) is 75.7 cm³/mol. The van der Waals surface area contributed by atoms with Crippen LogP contribution in [0.3, 0.4) is 0 Å². The fraction of sp³-hybridized carbons (Fsp3) is 0.125. The summed E-state index contributed by atoms with van der Waals surface area (Å²) < 4.78 is 5.16. The molecule has 0 saturated carbocycles. The first-order valence-electron chi connectivity index (χ1n) is 6.41. The van der Waals surface area contributed by atoms with Crippen molar-refractivity contribution in [3.63, 3.8) is 0 Å². The summed E-state index contributed by atoms with van der Waals surface area (Å²) in [6, 6.07) is 18.0. The minimum atomic E-state index is -0.534. The van der Waals surface area contributed by atoms with Gasteiger partial charge >= 0.3 is 5.76 Å². The van der Waals surface area contributed by atoms with Crippen molar-refractivity contribution in [2.45, 2.75) is 12.8 Å². The van der Waals surface area contributed by atoms with Crippen LogP contribution in [0.1, 0.15) is 28.5 Å². The van der Waals surface area contributed by atoms with Crippen molar-refractivity contribution in [3.8, 4) is 0 Å². The lowest BCUT2D eigenvalue weighted by Crippen LogP contribution is -2.04. The Balaban J connectivity index is 2.13. The number of H-pyrrole nitrogens is 1. The maximum atomic E-state index is 11.2. The normalized spacial score (nSPS) is 12.2. The predicted octanol–water partition coefficient (Wildman–Crippen LogP) is 2.85. The van der Waals surface area contributed by atoms with Gasteiger partial charge in [-0.2, -0.15) is 0 Å². The van der Waals surface area contributed by atoms with Gasteiger partial charge in [0.2, 0.25) is 5.89 Å². The topological polar surface area (TPSA) is 58.9 Å². The fourth-order valence-electron chi connectivity index (χ4n) is 2.25. The Labute approximate surface area is 116 Å². The molecule has 0 amide bonds. The van der Waals surface area contributed by atoms with Crippen LogP contribution in [0, 0.1) is 6.92 Å². The number of hydrogen-bond donors (Lipinski definition) is 1. The van der Waals surface area contributed by atoms with E-state index in [2.05, 4.69) is 10.2 Å². The van der Waals surface area contributed by atoms with Crippen LogP contribution in [0.25, 0.3) is 0 Å². The van der Waals surface area contributed by atoms with E-state index in [-0.39, 0.29) is 5.92 Å². The van der Waals surface area contributed by atoms with E-state index < -0.39 is 5.76 Å². The molecule has 1 unspecified atom stereocenters. The van der Waals surface area contributed by atoms with E-state index in [1.54, 1.807) is 0 Å². The number of aromatic nitrogens is 2. The van der Waals surface area contributed by atoms with Crippen molar-refractivity contribution in [2.75, 3.05) is 0 Å². The third-order valence-electron chi connectivity index (χ3n) is 3.25. The van der Waals surface area contributed by atoms with Crippen LogP contribution in [-0.2, 0) is 0 Å². The minimum Gasteiger partial charge on any atom is -0.391 e. The van der Waals surface area contributed by atoms with Crippen LogP contribution in [0.5, 0.6) is 0 Å². The Morgan fingerprint density at radius 1 is 1.00 bits per heavy atom. The molecule has 0 aliphatic heterocycles. The molecular formula is C16H14N2O2. The second-order valence-corrected chi connectivity index (χ2v) is 4.71. The average molecular weight is 266 g/mol. The molecule has 4 nitrogen and oxygen atoms in total. The lowest BCUT2D eigenvalue weighted by molar-refractivity contribution is 0.456. The third-order valence-corrected chi connectivity index (χ3v) is 3.25. The quantitative estimate of drug-likeness (QED) is 0.793. The summed E-state index contributed by atoms with van der Waals surface area (Å²) in [5.41, 5.74) is 3.26. The zero-order valence-electron chi connectivity index (χ0n) is 11.0. The molecule has 2 aromatic carbocycles.